The molecule has 0 radical (unpaired) electrons. The van der Waals surface area contributed by atoms with Gasteiger partial charge in [0.05, 0.1) is 17.5 Å². The first-order valence-corrected chi connectivity index (χ1v) is 15.7. The summed E-state index contributed by atoms with van der Waals surface area (Å²) in [6.07, 6.45) is 4.17. The van der Waals surface area contributed by atoms with Gasteiger partial charge in [-0.25, -0.2) is 13.4 Å². The minimum absolute atomic E-state index is 0.221. The van der Waals surface area contributed by atoms with Crippen molar-refractivity contribution >= 4 is 38.3 Å². The van der Waals surface area contributed by atoms with Gasteiger partial charge in [-0.15, -0.1) is 11.3 Å². The molecule has 1 fully saturated rings. The summed E-state index contributed by atoms with van der Waals surface area (Å²) >= 11 is 1.32. The third-order valence-corrected chi connectivity index (χ3v) is 8.83. The van der Waals surface area contributed by atoms with Crippen molar-refractivity contribution in [3.8, 4) is 33.5 Å². The first kappa shape index (κ1) is 26.7. The molecule has 1 N–H and O–H groups in total. The number of likely N-dealkylation sites (tertiary alicyclic amines) is 1. The molecule has 41 heavy (non-hydrogen) atoms. The Bertz CT molecular complexity index is 1860. The summed E-state index contributed by atoms with van der Waals surface area (Å²) in [6.45, 7) is 0.419. The summed E-state index contributed by atoms with van der Waals surface area (Å²) < 4.78 is 24.4. The van der Waals surface area contributed by atoms with E-state index in [1.165, 1.54) is 34.7 Å². The van der Waals surface area contributed by atoms with Crippen molar-refractivity contribution in [1.82, 2.24) is 13.9 Å². The van der Waals surface area contributed by atoms with Gasteiger partial charge in [-0.2, -0.15) is 0 Å². The summed E-state index contributed by atoms with van der Waals surface area (Å²) in [7, 11) is -3.49. The maximum Gasteiger partial charge on any atom is 0.256 e. The van der Waals surface area contributed by atoms with E-state index in [-0.39, 0.29) is 17.4 Å². The monoisotopic (exact) mass is 582 g/mol. The lowest BCUT2D eigenvalue weighted by molar-refractivity contribution is -0.123. The average Bonchev–Trinajstić information content (AvgIpc) is 3.64. The highest BCUT2D eigenvalue weighted by Gasteiger charge is 2.38. The number of carbonyl (C=O) groups is 2. The molecule has 0 aliphatic carbocycles. The van der Waals surface area contributed by atoms with Crippen LogP contribution >= 0.6 is 11.3 Å². The van der Waals surface area contributed by atoms with Crippen molar-refractivity contribution in [2.24, 2.45) is 0 Å². The van der Waals surface area contributed by atoms with E-state index in [1.807, 2.05) is 35.7 Å². The van der Waals surface area contributed by atoms with Gasteiger partial charge >= 0.3 is 0 Å². The number of aromatic nitrogens is 2. The molecule has 1 saturated heterocycles. The molecule has 0 unspecified atom stereocenters. The smallest absolute Gasteiger partial charge is 0.256 e. The highest BCUT2D eigenvalue weighted by Crippen LogP contribution is 2.31. The predicted molar refractivity (Wildman–Crippen MR) is 161 cm³/mol. The van der Waals surface area contributed by atoms with Gasteiger partial charge in [0.2, 0.25) is 15.9 Å². The fourth-order valence-corrected chi connectivity index (χ4v) is 6.11. The molecule has 6 rings (SSSR count). The Morgan fingerprint density at radius 2 is 1.51 bits per heavy atom. The van der Waals surface area contributed by atoms with Crippen LogP contribution in [0.5, 0.6) is 0 Å². The number of carbonyl (C=O) groups excluding carboxylic acids is 2. The van der Waals surface area contributed by atoms with E-state index in [4.69, 9.17) is 0 Å². The van der Waals surface area contributed by atoms with Crippen LogP contribution in [-0.4, -0.2) is 52.9 Å². The largest absolute Gasteiger partial charge is 0.326 e. The Morgan fingerprint density at radius 1 is 0.878 bits per heavy atom. The third kappa shape index (κ3) is 5.57. The molecule has 3 aromatic carbocycles. The van der Waals surface area contributed by atoms with E-state index >= 15 is 0 Å². The number of hydrogen-bond donors (Lipinski definition) is 1. The van der Waals surface area contributed by atoms with Crippen LogP contribution in [-0.2, 0) is 14.8 Å². The summed E-state index contributed by atoms with van der Waals surface area (Å²) in [4.78, 5) is 32.0. The molecule has 2 aromatic heterocycles. The number of nitrogens with one attached hydrogen (secondary N) is 1. The molecule has 206 valence electrons. The Labute approximate surface area is 242 Å². The van der Waals surface area contributed by atoms with Crippen LogP contribution in [0.15, 0.2) is 103 Å². The Balaban J connectivity index is 1.15. The van der Waals surface area contributed by atoms with Crippen LogP contribution in [0.4, 0.5) is 5.13 Å². The maximum atomic E-state index is 13.0. The number of nitrogens with zero attached hydrogens (tertiary/aromatic N) is 3. The highest BCUT2D eigenvalue weighted by atomic mass is 32.2. The molecule has 0 saturated carbocycles. The van der Waals surface area contributed by atoms with Crippen molar-refractivity contribution < 1.29 is 18.0 Å². The highest BCUT2D eigenvalue weighted by molar-refractivity contribution is 7.89. The SMILES string of the molecule is CS(=O)(=O)n1ccc(C(=O)N2CC[C@H]2C(=O)Nc2nc(-c3cccc(-c4cccc(-c5ccccc5)c4)c3)cs2)c1. The van der Waals surface area contributed by atoms with E-state index in [2.05, 4.69) is 58.8 Å². The Morgan fingerprint density at radius 3 is 2.15 bits per heavy atom. The molecule has 0 spiro atoms. The van der Waals surface area contributed by atoms with Gasteiger partial charge in [-0.3, -0.25) is 13.6 Å². The number of rotatable bonds is 7. The topological polar surface area (TPSA) is 101 Å². The fraction of sp³-hybridized carbons (Fsp3) is 0.129. The van der Waals surface area contributed by atoms with Gasteiger partial charge in [0.15, 0.2) is 5.13 Å². The number of thiazole rings is 1. The maximum absolute atomic E-state index is 13.0. The second-order valence-corrected chi connectivity index (χ2v) is 12.6. The molecule has 0 bridgehead atoms. The van der Waals surface area contributed by atoms with Gasteiger partial charge in [-0.1, -0.05) is 66.7 Å². The number of amides is 2. The predicted octanol–water partition coefficient (Wildman–Crippen LogP) is 5.61. The number of benzene rings is 3. The molecule has 1 aliphatic heterocycles. The Hall–Kier alpha value is -4.54. The zero-order valence-corrected chi connectivity index (χ0v) is 23.7. The lowest BCUT2D eigenvalue weighted by Crippen LogP contribution is -2.56. The molecule has 1 atom stereocenters. The van der Waals surface area contributed by atoms with Crippen molar-refractivity contribution in [2.45, 2.75) is 12.5 Å². The van der Waals surface area contributed by atoms with Crippen molar-refractivity contribution in [2.75, 3.05) is 18.1 Å². The van der Waals surface area contributed by atoms with Crippen molar-refractivity contribution in [3.05, 3.63) is 108 Å². The van der Waals surface area contributed by atoms with Gasteiger partial charge in [0.25, 0.3) is 5.91 Å². The van der Waals surface area contributed by atoms with E-state index < -0.39 is 16.1 Å². The minimum atomic E-state index is -3.49. The molecule has 10 heteroatoms. The molecular formula is C31H26N4O4S2. The zero-order valence-electron chi connectivity index (χ0n) is 22.1. The van der Waals surface area contributed by atoms with E-state index in [1.54, 1.807) is 0 Å². The molecule has 3 heterocycles. The minimum Gasteiger partial charge on any atom is -0.326 e. The first-order valence-electron chi connectivity index (χ1n) is 13.0. The summed E-state index contributed by atoms with van der Waals surface area (Å²) in [5.41, 5.74) is 6.35. The Kier molecular flexibility index (Phi) is 7.02. The van der Waals surface area contributed by atoms with Gasteiger partial charge in [0, 0.05) is 29.9 Å². The van der Waals surface area contributed by atoms with Gasteiger partial charge < -0.3 is 10.2 Å². The standard InChI is InChI=1S/C31H26N4O4S2/c1-41(38,39)34-15-13-26(19-34)30(37)35-16-14-28(35)29(36)33-31-32-27(20-40-31)25-12-6-11-24(18-25)23-10-5-9-22(17-23)21-7-3-2-4-8-21/h2-13,15,17-20,28H,14,16H2,1H3,(H,32,33,36)/t28-/m0/s1. The van der Waals surface area contributed by atoms with Gasteiger partial charge in [-0.05, 0) is 46.9 Å². The first-order chi connectivity index (χ1) is 19.8. The van der Waals surface area contributed by atoms with Gasteiger partial charge in [0.1, 0.15) is 6.04 Å². The second kappa shape index (κ2) is 10.8. The summed E-state index contributed by atoms with van der Waals surface area (Å²) in [6, 6.07) is 27.6. The lowest BCUT2D eigenvalue weighted by atomic mass is 9.97. The average molecular weight is 583 g/mol. The number of hydrogen-bond acceptors (Lipinski definition) is 6. The lowest BCUT2D eigenvalue weighted by Gasteiger charge is -2.39. The number of anilines is 1. The van der Waals surface area contributed by atoms with E-state index in [0.717, 1.165) is 43.7 Å². The molecule has 2 amide bonds. The van der Waals surface area contributed by atoms with E-state index in [0.29, 0.717) is 18.1 Å². The normalized spacial score (nSPS) is 14.9. The third-order valence-electron chi connectivity index (χ3n) is 7.08. The van der Waals surface area contributed by atoms with Crippen molar-refractivity contribution in [3.63, 3.8) is 0 Å². The molecule has 1 aliphatic rings. The summed E-state index contributed by atoms with van der Waals surface area (Å²) in [5, 5.41) is 5.19. The van der Waals surface area contributed by atoms with Crippen LogP contribution in [0.2, 0.25) is 0 Å². The molecule has 8 nitrogen and oxygen atoms in total. The quantitative estimate of drug-likeness (QED) is 0.269. The molecular weight excluding hydrogens is 556 g/mol. The van der Waals surface area contributed by atoms with Crippen LogP contribution in [0.1, 0.15) is 16.8 Å². The van der Waals surface area contributed by atoms with Crippen LogP contribution in [0.3, 0.4) is 0 Å². The second-order valence-electron chi connectivity index (χ2n) is 9.85. The van der Waals surface area contributed by atoms with Crippen LogP contribution in [0, 0.1) is 0 Å². The van der Waals surface area contributed by atoms with Crippen LogP contribution in [0.25, 0.3) is 33.5 Å². The van der Waals surface area contributed by atoms with Crippen LogP contribution < -0.4 is 5.32 Å². The fourth-order valence-electron chi connectivity index (χ4n) is 4.80. The van der Waals surface area contributed by atoms with E-state index in [9.17, 15) is 18.0 Å². The summed E-state index contributed by atoms with van der Waals surface area (Å²) in [5.74, 6) is -0.703. The molecule has 5 aromatic rings. The zero-order chi connectivity index (χ0) is 28.6. The van der Waals surface area contributed by atoms with Crippen molar-refractivity contribution in [1.29, 1.82) is 0 Å².